The van der Waals surface area contributed by atoms with Crippen molar-refractivity contribution in [2.75, 3.05) is 0 Å². The molecule has 0 bridgehead atoms. The van der Waals surface area contributed by atoms with Gasteiger partial charge < -0.3 is 5.73 Å². The Morgan fingerprint density at radius 3 is 2.55 bits per heavy atom. The molecule has 1 aromatic heterocycles. The minimum Gasteiger partial charge on any atom is -0.385 e. The van der Waals surface area contributed by atoms with Crippen molar-refractivity contribution < 1.29 is 0 Å². The van der Waals surface area contributed by atoms with E-state index in [-0.39, 0.29) is 9.88 Å². The van der Waals surface area contributed by atoms with Gasteiger partial charge in [-0.25, -0.2) is 5.10 Å². The summed E-state index contributed by atoms with van der Waals surface area (Å²) in [5.41, 5.74) is 4.54. The van der Waals surface area contributed by atoms with Crippen LogP contribution in [0.25, 0.3) is 0 Å². The molecule has 0 aromatic carbocycles. The molecule has 3 N–H and O–H groups in total. The first kappa shape index (κ1) is 10.1. The monoisotopic (exact) mass is 189 g/mol. The van der Waals surface area contributed by atoms with E-state index in [4.69, 9.17) is 5.73 Å². The molecule has 0 radical (unpaired) electrons. The van der Waals surface area contributed by atoms with Gasteiger partial charge in [0.25, 0.3) is 5.56 Å². The summed E-state index contributed by atoms with van der Waals surface area (Å²) in [6.07, 6.45) is 1.52. The summed E-state index contributed by atoms with van der Waals surface area (Å²) in [6.45, 7) is 0. The molecule has 0 aliphatic rings. The summed E-state index contributed by atoms with van der Waals surface area (Å²) in [5, 5.41) is 5.67. The van der Waals surface area contributed by atoms with Crippen LogP contribution in [0.4, 0.5) is 0 Å². The van der Waals surface area contributed by atoms with Gasteiger partial charge in [-0.3, -0.25) is 4.79 Å². The number of nitrogens with two attached hydrogens (primary N) is 1. The highest BCUT2D eigenvalue weighted by molar-refractivity contribution is 8.10. The smallest absolute Gasteiger partial charge is 0.264 e. The SMILES string of the molecule is NC(=S)S.O=c1cccn[nH]1. The Kier molecular flexibility index (Phi) is 5.40. The standard InChI is InChI=1S/C4H4N2O.CH3NS2/c7-4-2-1-3-5-6-4;2-1(3)4/h1-3H,(H,6,7);(H3,2,3,4). The van der Waals surface area contributed by atoms with Gasteiger partial charge in [-0.05, 0) is 6.07 Å². The quantitative estimate of drug-likeness (QED) is 0.394. The molecule has 0 saturated carbocycles. The van der Waals surface area contributed by atoms with E-state index in [2.05, 4.69) is 35.0 Å². The van der Waals surface area contributed by atoms with Gasteiger partial charge in [-0.2, -0.15) is 5.10 Å². The molecule has 1 heterocycles. The van der Waals surface area contributed by atoms with E-state index >= 15 is 0 Å². The van der Waals surface area contributed by atoms with E-state index < -0.39 is 0 Å². The number of thiocarbonyl (C=S) groups is 1. The number of hydrogen-bond donors (Lipinski definition) is 3. The average molecular weight is 189 g/mol. The van der Waals surface area contributed by atoms with Gasteiger partial charge >= 0.3 is 0 Å². The van der Waals surface area contributed by atoms with Gasteiger partial charge in [0.2, 0.25) is 0 Å². The van der Waals surface area contributed by atoms with E-state index in [0.29, 0.717) is 0 Å². The lowest BCUT2D eigenvalue weighted by Gasteiger charge is -1.72. The van der Waals surface area contributed by atoms with Crippen molar-refractivity contribution in [2.24, 2.45) is 5.73 Å². The molecular formula is C5H7N3OS2. The molecule has 0 fully saturated rings. The Morgan fingerprint density at radius 1 is 1.82 bits per heavy atom. The summed E-state index contributed by atoms with van der Waals surface area (Å²) in [7, 11) is 0. The van der Waals surface area contributed by atoms with Crippen LogP contribution < -0.4 is 11.3 Å². The zero-order chi connectivity index (χ0) is 8.69. The number of nitrogens with zero attached hydrogens (tertiary/aromatic N) is 1. The summed E-state index contributed by atoms with van der Waals surface area (Å²) in [6, 6.07) is 2.99. The van der Waals surface area contributed by atoms with Gasteiger partial charge in [0.05, 0.1) is 0 Å². The molecule has 11 heavy (non-hydrogen) atoms. The van der Waals surface area contributed by atoms with E-state index in [1.165, 1.54) is 12.3 Å². The second-order valence-electron chi connectivity index (χ2n) is 1.45. The summed E-state index contributed by atoms with van der Waals surface area (Å²) in [5.74, 6) is 0. The summed E-state index contributed by atoms with van der Waals surface area (Å²) >= 11 is 7.65. The molecule has 4 nitrogen and oxygen atoms in total. The lowest BCUT2D eigenvalue weighted by molar-refractivity contribution is 0.988. The van der Waals surface area contributed by atoms with Crippen LogP contribution in [0.2, 0.25) is 0 Å². The minimum atomic E-state index is -0.164. The van der Waals surface area contributed by atoms with Gasteiger partial charge in [-0.15, -0.1) is 12.6 Å². The summed E-state index contributed by atoms with van der Waals surface area (Å²) < 4.78 is 0.194. The first-order valence-electron chi connectivity index (χ1n) is 2.61. The van der Waals surface area contributed by atoms with Crippen LogP contribution in [0.3, 0.4) is 0 Å². The van der Waals surface area contributed by atoms with Crippen molar-refractivity contribution in [1.82, 2.24) is 10.2 Å². The molecule has 0 unspecified atom stereocenters. The number of thiol groups is 1. The van der Waals surface area contributed by atoms with Crippen LogP contribution in [0, 0.1) is 0 Å². The zero-order valence-electron chi connectivity index (χ0n) is 5.52. The van der Waals surface area contributed by atoms with Crippen molar-refractivity contribution in [1.29, 1.82) is 0 Å². The van der Waals surface area contributed by atoms with Crippen LogP contribution in [0.1, 0.15) is 0 Å². The third-order valence-corrected chi connectivity index (χ3v) is 0.583. The molecular weight excluding hydrogens is 182 g/mol. The first-order chi connectivity index (χ1) is 5.13. The Morgan fingerprint density at radius 2 is 2.36 bits per heavy atom. The zero-order valence-corrected chi connectivity index (χ0v) is 7.23. The van der Waals surface area contributed by atoms with Crippen LogP contribution in [0.5, 0.6) is 0 Å². The maximum absolute atomic E-state index is 10.2. The topological polar surface area (TPSA) is 71.8 Å². The Bertz CT molecular complexity index is 251. The fourth-order valence-corrected chi connectivity index (χ4v) is 0.312. The molecule has 0 aliphatic carbocycles. The number of rotatable bonds is 0. The maximum Gasteiger partial charge on any atom is 0.264 e. The van der Waals surface area contributed by atoms with Crippen molar-refractivity contribution in [3.63, 3.8) is 0 Å². The Hall–Kier alpha value is -0.880. The van der Waals surface area contributed by atoms with Crippen LogP contribution in [-0.2, 0) is 0 Å². The molecule has 6 heteroatoms. The van der Waals surface area contributed by atoms with Crippen molar-refractivity contribution in [3.05, 3.63) is 28.7 Å². The van der Waals surface area contributed by atoms with Crippen LogP contribution >= 0.6 is 24.8 Å². The average Bonchev–Trinajstić information content (AvgIpc) is 1.87. The molecule has 0 spiro atoms. The maximum atomic E-state index is 10.2. The Balaban J connectivity index is 0.000000218. The van der Waals surface area contributed by atoms with Crippen molar-refractivity contribution >= 4 is 29.2 Å². The van der Waals surface area contributed by atoms with E-state index in [9.17, 15) is 4.79 Å². The lowest BCUT2D eigenvalue weighted by atomic mass is 10.6. The highest BCUT2D eigenvalue weighted by atomic mass is 32.1. The number of hydrogen-bond acceptors (Lipinski definition) is 3. The van der Waals surface area contributed by atoms with Crippen LogP contribution in [0.15, 0.2) is 23.1 Å². The minimum absolute atomic E-state index is 0.164. The van der Waals surface area contributed by atoms with E-state index in [1.807, 2.05) is 0 Å². The number of aromatic amines is 1. The molecule has 0 saturated heterocycles. The van der Waals surface area contributed by atoms with Crippen molar-refractivity contribution in [3.8, 4) is 0 Å². The normalized spacial score (nSPS) is 7.73. The second kappa shape index (κ2) is 5.87. The van der Waals surface area contributed by atoms with Gasteiger partial charge in [0.15, 0.2) is 0 Å². The first-order valence-corrected chi connectivity index (χ1v) is 3.46. The summed E-state index contributed by atoms with van der Waals surface area (Å²) in [4.78, 5) is 10.2. The van der Waals surface area contributed by atoms with Gasteiger partial charge in [0, 0.05) is 12.3 Å². The predicted octanol–water partition coefficient (Wildman–Crippen LogP) is -0.0703. The third kappa shape index (κ3) is 9.12. The van der Waals surface area contributed by atoms with Gasteiger partial charge in [0.1, 0.15) is 4.32 Å². The number of nitrogens with one attached hydrogen (secondary N) is 1. The molecule has 1 rings (SSSR count). The fourth-order valence-electron chi connectivity index (χ4n) is 0.312. The fraction of sp³-hybridized carbons (Fsp3) is 0. The number of H-pyrrole nitrogens is 1. The molecule has 1 aromatic rings. The van der Waals surface area contributed by atoms with Gasteiger partial charge in [-0.1, -0.05) is 12.2 Å². The highest BCUT2D eigenvalue weighted by Gasteiger charge is 1.70. The van der Waals surface area contributed by atoms with E-state index in [0.717, 1.165) is 0 Å². The highest BCUT2D eigenvalue weighted by Crippen LogP contribution is 1.63. The molecule has 60 valence electrons. The lowest BCUT2D eigenvalue weighted by Crippen LogP contribution is -2.02. The molecule has 0 atom stereocenters. The Labute approximate surface area is 74.2 Å². The predicted molar refractivity (Wildman–Crippen MR) is 50.6 cm³/mol. The van der Waals surface area contributed by atoms with Crippen LogP contribution in [-0.4, -0.2) is 14.5 Å². The van der Waals surface area contributed by atoms with Crippen molar-refractivity contribution in [2.45, 2.75) is 0 Å². The molecule has 0 amide bonds. The van der Waals surface area contributed by atoms with E-state index in [1.54, 1.807) is 6.07 Å². The number of aromatic nitrogens is 2. The third-order valence-electron chi connectivity index (χ3n) is 0.583. The second-order valence-corrected chi connectivity index (χ2v) is 2.68. The molecule has 0 aliphatic heterocycles. The largest absolute Gasteiger partial charge is 0.385 e.